The number of alkyl halides is 6. The summed E-state index contributed by atoms with van der Waals surface area (Å²) in [6, 6.07) is 1.40. The smallest absolute Gasteiger partial charge is 0.381 e. The lowest BCUT2D eigenvalue weighted by atomic mass is 10.00. The quantitative estimate of drug-likeness (QED) is 0.536. The van der Waals surface area contributed by atoms with Crippen molar-refractivity contribution in [2.75, 3.05) is 19.0 Å². The highest BCUT2D eigenvalue weighted by Crippen LogP contribution is 2.32. The summed E-state index contributed by atoms with van der Waals surface area (Å²) in [5.74, 6) is -3.24. The second kappa shape index (κ2) is 7.63. The summed E-state index contributed by atoms with van der Waals surface area (Å²) in [6.45, 7) is 1.45. The number of nitrogens with zero attached hydrogens (tertiary/aromatic N) is 1. The molecular formula is C15H14F7NO2S. The first kappa shape index (κ1) is 20.8. The predicted molar refractivity (Wildman–Crippen MR) is 80.5 cm³/mol. The first-order valence-corrected chi connectivity index (χ1v) is 8.66. The third kappa shape index (κ3) is 5.50. The zero-order chi connectivity index (χ0) is 19.7. The first-order valence-electron chi connectivity index (χ1n) is 7.34. The minimum atomic E-state index is -4.84. The van der Waals surface area contributed by atoms with Gasteiger partial charge in [0, 0.05) is 17.2 Å². The van der Waals surface area contributed by atoms with E-state index in [-0.39, 0.29) is 18.8 Å². The molecule has 0 saturated carbocycles. The van der Waals surface area contributed by atoms with E-state index in [1.807, 2.05) is 0 Å². The molecule has 1 aliphatic rings. The zero-order valence-electron chi connectivity index (χ0n) is 13.4. The van der Waals surface area contributed by atoms with E-state index in [1.54, 1.807) is 0 Å². The van der Waals surface area contributed by atoms with Crippen LogP contribution < -0.4 is 0 Å². The lowest BCUT2D eigenvalue weighted by Gasteiger charge is -2.27. The Bertz CT molecular complexity index is 724. The highest BCUT2D eigenvalue weighted by atomic mass is 32.2. The second-order valence-corrected chi connectivity index (χ2v) is 7.26. The van der Waals surface area contributed by atoms with Crippen LogP contribution in [0.5, 0.6) is 0 Å². The summed E-state index contributed by atoms with van der Waals surface area (Å²) >= 11 is 0. The van der Waals surface area contributed by atoms with Crippen LogP contribution in [0.3, 0.4) is 0 Å². The molecule has 1 heterocycles. The fourth-order valence-corrected chi connectivity index (χ4v) is 3.36. The van der Waals surface area contributed by atoms with E-state index in [9.17, 15) is 34.9 Å². The Morgan fingerprint density at radius 1 is 1.23 bits per heavy atom. The van der Waals surface area contributed by atoms with Crippen LogP contribution in [0.25, 0.3) is 0 Å². The van der Waals surface area contributed by atoms with Crippen molar-refractivity contribution in [3.05, 3.63) is 23.5 Å². The maximum atomic E-state index is 14.0. The predicted octanol–water partition coefficient (Wildman–Crippen LogP) is 4.48. The third-order valence-electron chi connectivity index (χ3n) is 3.56. The van der Waals surface area contributed by atoms with E-state index in [0.29, 0.717) is 6.07 Å². The molecule has 1 aromatic rings. The van der Waals surface area contributed by atoms with Gasteiger partial charge in [-0.2, -0.15) is 26.3 Å². The van der Waals surface area contributed by atoms with Crippen LogP contribution in [-0.2, 0) is 15.5 Å². The minimum Gasteiger partial charge on any atom is -0.381 e. The van der Waals surface area contributed by atoms with Crippen molar-refractivity contribution >= 4 is 22.2 Å². The molecule has 1 aromatic carbocycles. The highest BCUT2D eigenvalue weighted by molar-refractivity contribution is 7.85. The third-order valence-corrected chi connectivity index (χ3v) is 5.08. The average Bonchev–Trinajstić information content (AvgIpc) is 2.39. The molecule has 1 aliphatic heterocycles. The van der Waals surface area contributed by atoms with Crippen LogP contribution in [-0.4, -0.2) is 41.2 Å². The van der Waals surface area contributed by atoms with E-state index in [1.165, 1.54) is 6.92 Å². The van der Waals surface area contributed by atoms with Crippen LogP contribution in [0.15, 0.2) is 22.0 Å². The van der Waals surface area contributed by atoms with Crippen molar-refractivity contribution in [2.24, 2.45) is 10.9 Å². The Morgan fingerprint density at radius 3 is 2.31 bits per heavy atom. The van der Waals surface area contributed by atoms with Crippen molar-refractivity contribution in [2.45, 2.75) is 30.6 Å². The largest absolute Gasteiger partial charge is 0.429 e. The molecule has 0 N–H and O–H groups in total. The van der Waals surface area contributed by atoms with E-state index in [4.69, 9.17) is 4.74 Å². The molecule has 1 fully saturated rings. The molecule has 1 saturated heterocycles. The average molecular weight is 405 g/mol. The van der Waals surface area contributed by atoms with Crippen molar-refractivity contribution in [1.29, 1.82) is 0 Å². The van der Waals surface area contributed by atoms with Crippen molar-refractivity contribution in [3.63, 3.8) is 0 Å². The minimum absolute atomic E-state index is 0.0648. The highest BCUT2D eigenvalue weighted by Gasteiger charge is 2.39. The molecule has 11 heteroatoms. The van der Waals surface area contributed by atoms with Crippen molar-refractivity contribution < 1.29 is 39.7 Å². The summed E-state index contributed by atoms with van der Waals surface area (Å²) in [4.78, 5) is 2.87. The van der Waals surface area contributed by atoms with Crippen molar-refractivity contribution in [3.8, 4) is 0 Å². The van der Waals surface area contributed by atoms with Gasteiger partial charge in [0.25, 0.3) is 0 Å². The van der Waals surface area contributed by atoms with E-state index < -0.39 is 63.4 Å². The standard InChI is InChI=1S/C15H14F7NO2S/c1-8-2-10(16)11(4-12(8)26(24)7-14(17,18)19)23-13(15(20,21)22)3-9-5-25-6-9/h2,4,9H,3,5-7H2,1H3. The Kier molecular flexibility index (Phi) is 6.11. The molecule has 0 aromatic heterocycles. The fourth-order valence-electron chi connectivity index (χ4n) is 2.25. The fraction of sp³-hybridized carbons (Fsp3) is 0.533. The van der Waals surface area contributed by atoms with Gasteiger partial charge in [-0.05, 0) is 24.6 Å². The van der Waals surface area contributed by atoms with Gasteiger partial charge in [-0.25, -0.2) is 9.38 Å². The number of rotatable bonds is 5. The second-order valence-electron chi connectivity index (χ2n) is 5.84. The maximum Gasteiger partial charge on any atom is 0.429 e. The van der Waals surface area contributed by atoms with Crippen molar-refractivity contribution in [1.82, 2.24) is 0 Å². The van der Waals surface area contributed by atoms with Gasteiger partial charge in [0.1, 0.15) is 23.0 Å². The number of benzene rings is 1. The SMILES string of the molecule is Cc1cc(F)c(N=C(CC2COC2)C(F)(F)F)cc1S(=O)CC(F)(F)F. The summed E-state index contributed by atoms with van der Waals surface area (Å²) in [7, 11) is -2.58. The lowest BCUT2D eigenvalue weighted by molar-refractivity contribution is -0.105. The molecule has 0 bridgehead atoms. The summed E-state index contributed by atoms with van der Waals surface area (Å²) < 4.78 is 107. The lowest BCUT2D eigenvalue weighted by Crippen LogP contribution is -2.34. The van der Waals surface area contributed by atoms with E-state index in [0.717, 1.165) is 6.07 Å². The molecule has 0 aliphatic carbocycles. The molecule has 26 heavy (non-hydrogen) atoms. The Hall–Kier alpha value is -1.49. The number of ether oxygens (including phenoxy) is 1. The zero-order valence-corrected chi connectivity index (χ0v) is 14.2. The number of hydrogen-bond donors (Lipinski definition) is 0. The normalized spacial score (nSPS) is 17.9. The van der Waals surface area contributed by atoms with E-state index >= 15 is 0 Å². The molecule has 2 rings (SSSR count). The summed E-state index contributed by atoms with van der Waals surface area (Å²) in [5.41, 5.74) is -2.13. The monoisotopic (exact) mass is 405 g/mol. The first-order chi connectivity index (χ1) is 11.9. The number of aryl methyl sites for hydroxylation is 1. The van der Waals surface area contributed by atoms with Gasteiger partial charge in [0.05, 0.1) is 24.0 Å². The van der Waals surface area contributed by atoms with Crippen LogP contribution in [0.2, 0.25) is 0 Å². The molecule has 3 nitrogen and oxygen atoms in total. The number of aliphatic imine (C=N–C) groups is 1. The Balaban J connectivity index is 2.40. The molecule has 1 atom stereocenters. The summed E-state index contributed by atoms with van der Waals surface area (Å²) in [6.07, 6.45) is -10.1. The molecule has 0 radical (unpaired) electrons. The van der Waals surface area contributed by atoms with Gasteiger partial charge >= 0.3 is 12.4 Å². The number of halogens is 7. The van der Waals surface area contributed by atoms with Crippen LogP contribution in [0, 0.1) is 18.7 Å². The molecule has 146 valence electrons. The van der Waals surface area contributed by atoms with Crippen LogP contribution >= 0.6 is 0 Å². The molecular weight excluding hydrogens is 391 g/mol. The summed E-state index contributed by atoms with van der Waals surface area (Å²) in [5, 5.41) is 0. The molecule has 1 unspecified atom stereocenters. The maximum absolute atomic E-state index is 14.0. The van der Waals surface area contributed by atoms with Gasteiger partial charge in [-0.1, -0.05) is 0 Å². The van der Waals surface area contributed by atoms with Gasteiger partial charge in [0.15, 0.2) is 0 Å². The molecule has 0 amide bonds. The van der Waals surface area contributed by atoms with Crippen LogP contribution in [0.1, 0.15) is 12.0 Å². The van der Waals surface area contributed by atoms with Gasteiger partial charge < -0.3 is 4.74 Å². The Labute approximate surface area is 146 Å². The van der Waals surface area contributed by atoms with Gasteiger partial charge in [0.2, 0.25) is 0 Å². The number of hydrogen-bond acceptors (Lipinski definition) is 3. The topological polar surface area (TPSA) is 38.7 Å². The van der Waals surface area contributed by atoms with E-state index in [2.05, 4.69) is 4.99 Å². The molecule has 0 spiro atoms. The van der Waals surface area contributed by atoms with Gasteiger partial charge in [-0.3, -0.25) is 4.21 Å². The van der Waals surface area contributed by atoms with Crippen LogP contribution in [0.4, 0.5) is 36.4 Å². The Morgan fingerprint density at radius 2 is 1.85 bits per heavy atom. The van der Waals surface area contributed by atoms with Gasteiger partial charge in [-0.15, -0.1) is 0 Å².